The molecule has 0 unspecified atom stereocenters. The van der Waals surface area contributed by atoms with Gasteiger partial charge in [0.15, 0.2) is 0 Å². The largest absolute Gasteiger partial charge is 0.368 e. The molecule has 1 aromatic heterocycles. The van der Waals surface area contributed by atoms with Crippen LogP contribution in [0.15, 0.2) is 24.3 Å². The van der Waals surface area contributed by atoms with Crippen molar-refractivity contribution in [3.63, 3.8) is 0 Å². The van der Waals surface area contributed by atoms with Crippen molar-refractivity contribution in [1.82, 2.24) is 9.97 Å². The van der Waals surface area contributed by atoms with Gasteiger partial charge in [0.2, 0.25) is 5.95 Å². The third-order valence-electron chi connectivity index (χ3n) is 2.91. The number of nitrogens with two attached hydrogens (primary N) is 1. The lowest BCUT2D eigenvalue weighted by Gasteiger charge is -2.18. The van der Waals surface area contributed by atoms with E-state index in [2.05, 4.69) is 32.6 Å². The number of anilines is 3. The van der Waals surface area contributed by atoms with Gasteiger partial charge in [-0.3, -0.25) is 0 Å². The van der Waals surface area contributed by atoms with E-state index in [4.69, 9.17) is 5.73 Å². The van der Waals surface area contributed by atoms with Gasteiger partial charge < -0.3 is 10.6 Å². The van der Waals surface area contributed by atoms with E-state index >= 15 is 0 Å². The molecule has 4 nitrogen and oxygen atoms in total. The second kappa shape index (κ2) is 4.34. The maximum atomic E-state index is 13.2. The monoisotopic (exact) mass is 356 g/mol. The molecular formula is C12H10FIN4. The number of fused-ring (bicyclic) bond motifs is 1. The Morgan fingerprint density at radius 1 is 1.28 bits per heavy atom. The first-order valence-corrected chi connectivity index (χ1v) is 6.57. The third kappa shape index (κ3) is 2.00. The molecule has 6 heteroatoms. The van der Waals surface area contributed by atoms with E-state index < -0.39 is 0 Å². The highest BCUT2D eigenvalue weighted by Crippen LogP contribution is 2.34. The van der Waals surface area contributed by atoms with Crippen LogP contribution in [-0.4, -0.2) is 16.5 Å². The minimum Gasteiger partial charge on any atom is -0.368 e. The van der Waals surface area contributed by atoms with Crippen LogP contribution in [0.1, 0.15) is 5.56 Å². The van der Waals surface area contributed by atoms with Gasteiger partial charge in [-0.25, -0.2) is 9.37 Å². The number of rotatable bonds is 1. The Labute approximate surface area is 117 Å². The van der Waals surface area contributed by atoms with Gasteiger partial charge in [0.05, 0.1) is 0 Å². The lowest BCUT2D eigenvalue weighted by molar-refractivity contribution is 0.626. The molecule has 92 valence electrons. The fourth-order valence-corrected chi connectivity index (χ4v) is 2.70. The Morgan fingerprint density at radius 2 is 2.11 bits per heavy atom. The summed E-state index contributed by atoms with van der Waals surface area (Å²) in [6.07, 6.45) is 0.813. The van der Waals surface area contributed by atoms with Crippen molar-refractivity contribution < 1.29 is 4.39 Å². The van der Waals surface area contributed by atoms with E-state index in [-0.39, 0.29) is 11.8 Å². The first-order valence-electron chi connectivity index (χ1n) is 5.49. The Morgan fingerprint density at radius 3 is 2.89 bits per heavy atom. The fourth-order valence-electron chi connectivity index (χ4n) is 2.17. The molecule has 1 aromatic carbocycles. The molecule has 0 fully saturated rings. The molecule has 0 bridgehead atoms. The molecule has 0 atom stereocenters. The van der Waals surface area contributed by atoms with Crippen molar-refractivity contribution in [2.24, 2.45) is 0 Å². The zero-order valence-electron chi connectivity index (χ0n) is 9.40. The number of nitrogens with zero attached hydrogens (tertiary/aromatic N) is 3. The molecule has 0 amide bonds. The van der Waals surface area contributed by atoms with E-state index in [9.17, 15) is 4.39 Å². The number of benzene rings is 1. The van der Waals surface area contributed by atoms with E-state index in [1.807, 2.05) is 11.0 Å². The molecule has 0 radical (unpaired) electrons. The van der Waals surface area contributed by atoms with Crippen LogP contribution in [-0.2, 0) is 6.42 Å². The van der Waals surface area contributed by atoms with E-state index in [0.717, 1.165) is 33.7 Å². The van der Waals surface area contributed by atoms with Gasteiger partial charge in [0, 0.05) is 18.3 Å². The predicted molar refractivity (Wildman–Crippen MR) is 76.3 cm³/mol. The van der Waals surface area contributed by atoms with Crippen molar-refractivity contribution in [3.05, 3.63) is 39.3 Å². The van der Waals surface area contributed by atoms with Gasteiger partial charge in [0.25, 0.3) is 0 Å². The molecule has 1 aliphatic heterocycles. The van der Waals surface area contributed by atoms with E-state index in [0.29, 0.717) is 0 Å². The highest BCUT2D eigenvalue weighted by Gasteiger charge is 2.22. The van der Waals surface area contributed by atoms with Gasteiger partial charge in [-0.15, -0.1) is 0 Å². The molecule has 0 saturated carbocycles. The Balaban J connectivity index is 2.06. The van der Waals surface area contributed by atoms with Crippen molar-refractivity contribution in [1.29, 1.82) is 0 Å². The van der Waals surface area contributed by atoms with Crippen LogP contribution < -0.4 is 10.6 Å². The van der Waals surface area contributed by atoms with Gasteiger partial charge in [0.1, 0.15) is 15.3 Å². The summed E-state index contributed by atoms with van der Waals surface area (Å²) in [7, 11) is 0. The summed E-state index contributed by atoms with van der Waals surface area (Å²) >= 11 is 2.10. The van der Waals surface area contributed by atoms with Crippen LogP contribution in [0.3, 0.4) is 0 Å². The van der Waals surface area contributed by atoms with Crippen molar-refractivity contribution in [2.45, 2.75) is 6.42 Å². The van der Waals surface area contributed by atoms with E-state index in [1.54, 1.807) is 12.1 Å². The highest BCUT2D eigenvalue weighted by molar-refractivity contribution is 14.1. The molecule has 3 rings (SSSR count). The minimum absolute atomic E-state index is 0.201. The van der Waals surface area contributed by atoms with Crippen LogP contribution in [0.4, 0.5) is 21.8 Å². The second-order valence-corrected chi connectivity index (χ2v) is 5.19. The lowest BCUT2D eigenvalue weighted by atomic mass is 10.2. The number of halogens is 2. The molecular weight excluding hydrogens is 346 g/mol. The van der Waals surface area contributed by atoms with Crippen LogP contribution in [0, 0.1) is 9.52 Å². The Bertz CT molecular complexity index is 597. The highest BCUT2D eigenvalue weighted by atomic mass is 127. The quantitative estimate of drug-likeness (QED) is 0.630. The molecule has 2 aromatic rings. The van der Waals surface area contributed by atoms with Crippen molar-refractivity contribution >= 4 is 40.0 Å². The summed E-state index contributed by atoms with van der Waals surface area (Å²) in [6.45, 7) is 0.783. The normalized spacial score (nSPS) is 13.8. The SMILES string of the molecule is Nc1nc(I)cc(N2CCc3cc(F)ccc32)n1. The van der Waals surface area contributed by atoms with Crippen LogP contribution in [0.25, 0.3) is 0 Å². The fraction of sp³-hybridized carbons (Fsp3) is 0.167. The number of aromatic nitrogens is 2. The van der Waals surface area contributed by atoms with Crippen LogP contribution >= 0.6 is 22.6 Å². The van der Waals surface area contributed by atoms with Crippen LogP contribution in [0.2, 0.25) is 0 Å². The molecule has 0 spiro atoms. The molecule has 18 heavy (non-hydrogen) atoms. The summed E-state index contributed by atoms with van der Waals surface area (Å²) in [5.41, 5.74) is 7.65. The summed E-state index contributed by atoms with van der Waals surface area (Å²) in [5, 5.41) is 0. The summed E-state index contributed by atoms with van der Waals surface area (Å²) < 4.78 is 14.0. The maximum absolute atomic E-state index is 13.2. The third-order valence-corrected chi connectivity index (χ3v) is 3.46. The first kappa shape index (κ1) is 11.6. The van der Waals surface area contributed by atoms with E-state index in [1.165, 1.54) is 6.07 Å². The second-order valence-electron chi connectivity index (χ2n) is 4.08. The minimum atomic E-state index is -0.201. The molecule has 2 N–H and O–H groups in total. The predicted octanol–water partition coefficient (Wildman–Crippen LogP) is 2.50. The summed E-state index contributed by atoms with van der Waals surface area (Å²) in [5.74, 6) is 0.817. The smallest absolute Gasteiger partial charge is 0.222 e. The molecule has 0 saturated heterocycles. The lowest BCUT2D eigenvalue weighted by Crippen LogP contribution is -2.16. The molecule has 1 aliphatic rings. The van der Waals surface area contributed by atoms with Gasteiger partial charge >= 0.3 is 0 Å². The first-order chi connectivity index (χ1) is 8.63. The topological polar surface area (TPSA) is 55.0 Å². The molecule has 2 heterocycles. The standard InChI is InChI=1S/C12H10FIN4/c13-8-1-2-9-7(5-8)3-4-18(9)11-6-10(14)16-12(15)17-11/h1-2,5-6H,3-4H2,(H2,15,16,17). The zero-order chi connectivity index (χ0) is 12.7. The van der Waals surface area contributed by atoms with Crippen LogP contribution in [0.5, 0.6) is 0 Å². The average Bonchev–Trinajstić information content (AvgIpc) is 2.70. The number of nitrogen functional groups attached to an aromatic ring is 1. The van der Waals surface area contributed by atoms with Crippen molar-refractivity contribution in [2.75, 3.05) is 17.2 Å². The Kier molecular flexibility index (Phi) is 2.81. The number of hydrogen-bond acceptors (Lipinski definition) is 4. The van der Waals surface area contributed by atoms with Gasteiger partial charge in [-0.05, 0) is 52.8 Å². The van der Waals surface area contributed by atoms with Gasteiger partial charge in [-0.2, -0.15) is 4.98 Å². The van der Waals surface area contributed by atoms with Crippen molar-refractivity contribution in [3.8, 4) is 0 Å². The zero-order valence-corrected chi connectivity index (χ0v) is 11.6. The summed E-state index contributed by atoms with van der Waals surface area (Å²) in [4.78, 5) is 10.3. The molecule has 0 aliphatic carbocycles. The van der Waals surface area contributed by atoms with Gasteiger partial charge in [-0.1, -0.05) is 0 Å². The number of hydrogen-bond donors (Lipinski definition) is 1. The Hall–Kier alpha value is -1.44. The maximum Gasteiger partial charge on any atom is 0.222 e. The summed E-state index contributed by atoms with van der Waals surface area (Å²) in [6, 6.07) is 6.69. The average molecular weight is 356 g/mol.